The van der Waals surface area contributed by atoms with Crippen LogP contribution in [-0.4, -0.2) is 66.8 Å². The average Bonchev–Trinajstić information content (AvgIpc) is 2.88. The highest BCUT2D eigenvalue weighted by Gasteiger charge is 2.59. The minimum absolute atomic E-state index is 0.181. The standard InChI is InChI=1S/C30H42N2O3/c1-31-20-19-29(25-14-10-15-27(33)21-25)22-26(17-18-30(29,23-31)35-3)32(2)28(34)16-9-5-8-13-24-11-6-4-7-12-24/h4,6-7,10-12,14-15,21,26,33H,5,8-9,13,16-20,22-23H2,1-3H3. The smallest absolute Gasteiger partial charge is 0.222 e. The van der Waals surface area contributed by atoms with Crippen LogP contribution in [0.25, 0.3) is 0 Å². The van der Waals surface area contributed by atoms with E-state index in [0.717, 1.165) is 70.0 Å². The Morgan fingerprint density at radius 3 is 2.66 bits per heavy atom. The van der Waals surface area contributed by atoms with E-state index in [2.05, 4.69) is 48.3 Å². The molecule has 4 rings (SSSR count). The van der Waals surface area contributed by atoms with Gasteiger partial charge in [0.2, 0.25) is 5.91 Å². The number of methoxy groups -OCH3 is 1. The molecule has 0 aromatic heterocycles. The van der Waals surface area contributed by atoms with E-state index in [9.17, 15) is 9.90 Å². The van der Waals surface area contributed by atoms with Crippen LogP contribution in [0.4, 0.5) is 0 Å². The first kappa shape index (κ1) is 25.7. The fraction of sp³-hybridized carbons (Fsp3) is 0.567. The second kappa shape index (κ2) is 11.1. The zero-order valence-corrected chi connectivity index (χ0v) is 21.7. The Morgan fingerprint density at radius 2 is 1.91 bits per heavy atom. The number of hydrogen-bond acceptors (Lipinski definition) is 4. The van der Waals surface area contributed by atoms with Crippen molar-refractivity contribution < 1.29 is 14.6 Å². The molecule has 2 aromatic rings. The van der Waals surface area contributed by atoms with Crippen LogP contribution in [-0.2, 0) is 21.4 Å². The minimum atomic E-state index is -0.314. The molecule has 35 heavy (non-hydrogen) atoms. The third-order valence-corrected chi connectivity index (χ3v) is 8.71. The number of amides is 1. The molecule has 3 atom stereocenters. The molecular weight excluding hydrogens is 436 g/mol. The third kappa shape index (κ3) is 5.41. The van der Waals surface area contributed by atoms with Gasteiger partial charge in [-0.2, -0.15) is 0 Å². The van der Waals surface area contributed by atoms with Crippen molar-refractivity contribution in [2.75, 3.05) is 34.3 Å². The van der Waals surface area contributed by atoms with Crippen LogP contribution in [0.5, 0.6) is 5.75 Å². The number of likely N-dealkylation sites (N-methyl/N-ethyl adjacent to an activating group) is 1. The van der Waals surface area contributed by atoms with Crippen LogP contribution in [0.2, 0.25) is 0 Å². The fourth-order valence-corrected chi connectivity index (χ4v) is 6.61. The van der Waals surface area contributed by atoms with Crippen molar-refractivity contribution in [2.24, 2.45) is 0 Å². The molecule has 2 aromatic carbocycles. The molecule has 1 aliphatic carbocycles. The maximum Gasteiger partial charge on any atom is 0.222 e. The normalized spacial score (nSPS) is 26.8. The molecule has 1 saturated heterocycles. The summed E-state index contributed by atoms with van der Waals surface area (Å²) in [6.07, 6.45) is 8.49. The first-order valence-corrected chi connectivity index (χ1v) is 13.2. The number of phenols is 1. The summed E-state index contributed by atoms with van der Waals surface area (Å²) in [5, 5.41) is 10.3. The van der Waals surface area contributed by atoms with Gasteiger partial charge in [0.05, 0.1) is 5.60 Å². The summed E-state index contributed by atoms with van der Waals surface area (Å²) in [5.41, 5.74) is 1.97. The lowest BCUT2D eigenvalue weighted by molar-refractivity contribution is -0.157. The van der Waals surface area contributed by atoms with Crippen LogP contribution in [0.1, 0.15) is 62.5 Å². The Labute approximate surface area is 211 Å². The van der Waals surface area contributed by atoms with Gasteiger partial charge in [-0.25, -0.2) is 0 Å². The van der Waals surface area contributed by atoms with Crippen LogP contribution in [0.15, 0.2) is 54.6 Å². The number of nitrogens with zero attached hydrogens (tertiary/aromatic N) is 2. The zero-order valence-electron chi connectivity index (χ0n) is 21.7. The number of benzene rings is 2. The van der Waals surface area contributed by atoms with E-state index in [1.807, 2.05) is 31.2 Å². The van der Waals surface area contributed by atoms with Crippen molar-refractivity contribution in [3.8, 4) is 5.75 Å². The fourth-order valence-electron chi connectivity index (χ4n) is 6.61. The molecule has 1 aliphatic heterocycles. The van der Waals surface area contributed by atoms with Crippen LogP contribution >= 0.6 is 0 Å². The number of likely N-dealkylation sites (tertiary alicyclic amines) is 1. The number of rotatable bonds is 9. The summed E-state index contributed by atoms with van der Waals surface area (Å²) in [5.74, 6) is 0.543. The second-order valence-corrected chi connectivity index (χ2v) is 10.8. The van der Waals surface area contributed by atoms with Gasteiger partial charge < -0.3 is 19.6 Å². The summed E-state index contributed by atoms with van der Waals surface area (Å²) < 4.78 is 6.34. The molecule has 5 nitrogen and oxygen atoms in total. The lowest BCUT2D eigenvalue weighted by atomic mass is 9.55. The quantitative estimate of drug-likeness (QED) is 0.506. The van der Waals surface area contributed by atoms with Crippen LogP contribution in [0, 0.1) is 0 Å². The van der Waals surface area contributed by atoms with Gasteiger partial charge in [-0.05, 0) is 81.8 Å². The Hall–Kier alpha value is -2.37. The number of aryl methyl sites for hydroxylation is 1. The van der Waals surface area contributed by atoms with Gasteiger partial charge in [-0.15, -0.1) is 0 Å². The first-order chi connectivity index (χ1) is 16.9. The summed E-state index contributed by atoms with van der Waals surface area (Å²) in [4.78, 5) is 17.5. The number of piperidine rings is 1. The molecule has 0 radical (unpaired) electrons. The Balaban J connectivity index is 1.41. The van der Waals surface area contributed by atoms with Crippen molar-refractivity contribution in [3.05, 3.63) is 65.7 Å². The number of aromatic hydroxyl groups is 1. The highest BCUT2D eigenvalue weighted by Crippen LogP contribution is 2.54. The van der Waals surface area contributed by atoms with E-state index < -0.39 is 0 Å². The molecule has 2 fully saturated rings. The zero-order chi connectivity index (χ0) is 24.9. The number of ether oxygens (including phenoxy) is 1. The molecule has 1 N–H and O–H groups in total. The maximum atomic E-state index is 13.2. The van der Waals surface area contributed by atoms with E-state index in [0.29, 0.717) is 12.2 Å². The van der Waals surface area contributed by atoms with Crippen molar-refractivity contribution in [3.63, 3.8) is 0 Å². The SMILES string of the molecule is COC12CCC(N(C)C(=O)CCCCCc3ccccc3)CC1(c1cccc(O)c1)CCN(C)C2. The van der Waals surface area contributed by atoms with Crippen LogP contribution < -0.4 is 0 Å². The van der Waals surface area contributed by atoms with Gasteiger partial charge >= 0.3 is 0 Å². The van der Waals surface area contributed by atoms with Crippen molar-refractivity contribution in [1.82, 2.24) is 9.80 Å². The lowest BCUT2D eigenvalue weighted by Crippen LogP contribution is -2.67. The molecule has 2 aliphatic rings. The molecule has 3 unspecified atom stereocenters. The van der Waals surface area contributed by atoms with Gasteiger partial charge in [0, 0.05) is 38.6 Å². The third-order valence-electron chi connectivity index (χ3n) is 8.71. The number of hydrogen-bond donors (Lipinski definition) is 1. The summed E-state index contributed by atoms with van der Waals surface area (Å²) in [7, 11) is 5.98. The highest BCUT2D eigenvalue weighted by molar-refractivity contribution is 5.76. The highest BCUT2D eigenvalue weighted by atomic mass is 16.5. The number of fused-ring (bicyclic) bond motifs is 1. The molecule has 5 heteroatoms. The van der Waals surface area contributed by atoms with Gasteiger partial charge in [-0.3, -0.25) is 4.79 Å². The lowest BCUT2D eigenvalue weighted by Gasteiger charge is -2.60. The topological polar surface area (TPSA) is 53.0 Å². The van der Waals surface area contributed by atoms with E-state index in [-0.39, 0.29) is 23.0 Å². The number of unbranched alkanes of at least 4 members (excludes halogenated alkanes) is 2. The number of carbonyl (C=O) groups is 1. The van der Waals surface area contributed by atoms with Gasteiger partial charge in [0.1, 0.15) is 5.75 Å². The summed E-state index contributed by atoms with van der Waals surface area (Å²) in [6.45, 7) is 1.84. The first-order valence-electron chi connectivity index (χ1n) is 13.2. The van der Waals surface area contributed by atoms with Gasteiger partial charge in [0.25, 0.3) is 0 Å². The molecule has 0 bridgehead atoms. The molecule has 1 saturated carbocycles. The molecule has 190 valence electrons. The largest absolute Gasteiger partial charge is 0.508 e. The minimum Gasteiger partial charge on any atom is -0.508 e. The van der Waals surface area contributed by atoms with Crippen LogP contribution in [0.3, 0.4) is 0 Å². The van der Waals surface area contributed by atoms with Gasteiger partial charge in [-0.1, -0.05) is 48.9 Å². The molecule has 0 spiro atoms. The van der Waals surface area contributed by atoms with Gasteiger partial charge in [0.15, 0.2) is 0 Å². The summed E-state index contributed by atoms with van der Waals surface area (Å²) in [6, 6.07) is 18.5. The number of carbonyl (C=O) groups excluding carboxylic acids is 1. The van der Waals surface area contributed by atoms with E-state index in [4.69, 9.17) is 4.74 Å². The molecule has 1 heterocycles. The van der Waals surface area contributed by atoms with E-state index in [1.54, 1.807) is 6.07 Å². The number of phenolic OH excluding ortho intramolecular Hbond substituents is 1. The van der Waals surface area contributed by atoms with Crippen molar-refractivity contribution >= 4 is 5.91 Å². The Bertz CT molecular complexity index is 981. The average molecular weight is 479 g/mol. The maximum absolute atomic E-state index is 13.2. The predicted molar refractivity (Wildman–Crippen MR) is 141 cm³/mol. The Morgan fingerprint density at radius 1 is 1.11 bits per heavy atom. The summed E-state index contributed by atoms with van der Waals surface area (Å²) >= 11 is 0. The molecular formula is C30H42N2O3. The predicted octanol–water partition coefficient (Wildman–Crippen LogP) is 5.16. The monoisotopic (exact) mass is 478 g/mol. The Kier molecular flexibility index (Phi) is 8.18. The van der Waals surface area contributed by atoms with Crippen molar-refractivity contribution in [2.45, 2.75) is 74.8 Å². The van der Waals surface area contributed by atoms with E-state index >= 15 is 0 Å². The van der Waals surface area contributed by atoms with Crippen molar-refractivity contribution in [1.29, 1.82) is 0 Å². The molecule has 1 amide bonds. The van der Waals surface area contributed by atoms with E-state index in [1.165, 1.54) is 5.56 Å². The second-order valence-electron chi connectivity index (χ2n) is 10.8.